The molecule has 0 unspecified atom stereocenters. The first-order valence-corrected chi connectivity index (χ1v) is 15.9. The van der Waals surface area contributed by atoms with Crippen LogP contribution in [0.5, 0.6) is 0 Å². The Kier molecular flexibility index (Phi) is 10.4. The number of rotatable bonds is 12. The van der Waals surface area contributed by atoms with Gasteiger partial charge in [0.2, 0.25) is 17.6 Å². The Morgan fingerprint density at radius 2 is 1.84 bits per heavy atom. The van der Waals surface area contributed by atoms with Crippen LogP contribution in [0.25, 0.3) is 5.78 Å². The van der Waals surface area contributed by atoms with Crippen LogP contribution in [0.15, 0.2) is 55.0 Å². The largest absolute Gasteiger partial charge is 0.343 e. The molecular weight excluding hydrogens is 542 g/mol. The van der Waals surface area contributed by atoms with Gasteiger partial charge in [0, 0.05) is 44.3 Å². The summed E-state index contributed by atoms with van der Waals surface area (Å²) in [6.07, 6.45) is 13.4. The van der Waals surface area contributed by atoms with Crippen LogP contribution in [0.1, 0.15) is 74.3 Å². The number of hydrogen-bond donors (Lipinski definition) is 2. The Morgan fingerprint density at radius 3 is 2.56 bits per heavy atom. The average molecular weight is 588 g/mol. The van der Waals surface area contributed by atoms with Crippen LogP contribution in [0.2, 0.25) is 0 Å². The molecule has 1 aliphatic carbocycles. The Morgan fingerprint density at radius 1 is 1.05 bits per heavy atom. The van der Waals surface area contributed by atoms with E-state index in [-0.39, 0.29) is 35.7 Å². The topological polar surface area (TPSA) is 112 Å². The van der Waals surface area contributed by atoms with Gasteiger partial charge in [-0.15, -0.1) is 0 Å². The minimum absolute atomic E-state index is 0.0129. The van der Waals surface area contributed by atoms with Crippen LogP contribution >= 0.6 is 0 Å². The Hall–Kier alpha value is -3.79. The second kappa shape index (κ2) is 14.6. The number of likely N-dealkylation sites (tertiary alicyclic amines) is 1. The van der Waals surface area contributed by atoms with Crippen molar-refractivity contribution in [3.63, 3.8) is 0 Å². The summed E-state index contributed by atoms with van der Waals surface area (Å²) in [5.41, 5.74) is 1.49. The highest BCUT2D eigenvalue weighted by Crippen LogP contribution is 2.30. The first-order valence-electron chi connectivity index (χ1n) is 15.9. The molecular formula is C33H45N7O3. The zero-order valence-corrected chi connectivity index (χ0v) is 25.5. The van der Waals surface area contributed by atoms with Crippen molar-refractivity contribution in [1.82, 2.24) is 34.8 Å². The van der Waals surface area contributed by atoms with E-state index < -0.39 is 6.04 Å². The van der Waals surface area contributed by atoms with Crippen molar-refractivity contribution in [2.24, 2.45) is 5.92 Å². The highest BCUT2D eigenvalue weighted by atomic mass is 16.2. The summed E-state index contributed by atoms with van der Waals surface area (Å²) in [5, 5.41) is 6.23. The van der Waals surface area contributed by atoms with Crippen molar-refractivity contribution in [2.45, 2.75) is 82.8 Å². The summed E-state index contributed by atoms with van der Waals surface area (Å²) < 4.78 is 1.75. The lowest BCUT2D eigenvalue weighted by Gasteiger charge is -2.37. The monoisotopic (exact) mass is 587 g/mol. The fourth-order valence-electron chi connectivity index (χ4n) is 6.65. The number of carbonyl (C=O) groups is 3. The van der Waals surface area contributed by atoms with Crippen molar-refractivity contribution >= 4 is 23.5 Å². The number of nitrogens with one attached hydrogen (secondary N) is 2. The highest BCUT2D eigenvalue weighted by molar-refractivity contribution is 5.93. The van der Waals surface area contributed by atoms with E-state index in [1.165, 1.54) is 6.42 Å². The smallest absolute Gasteiger partial charge is 0.274 e. The predicted molar refractivity (Wildman–Crippen MR) is 165 cm³/mol. The van der Waals surface area contributed by atoms with Gasteiger partial charge in [0.15, 0.2) is 0 Å². The lowest BCUT2D eigenvalue weighted by Crippen LogP contribution is -2.58. The third-order valence-corrected chi connectivity index (χ3v) is 9.10. The molecule has 1 aliphatic heterocycles. The maximum absolute atomic E-state index is 14.3. The van der Waals surface area contributed by atoms with E-state index in [1.807, 2.05) is 41.1 Å². The second-order valence-electron chi connectivity index (χ2n) is 11.9. The molecule has 10 nitrogen and oxygen atoms in total. The molecule has 0 bridgehead atoms. The summed E-state index contributed by atoms with van der Waals surface area (Å²) >= 11 is 0. The van der Waals surface area contributed by atoms with E-state index in [9.17, 15) is 14.4 Å². The number of hydrogen-bond acceptors (Lipinski definition) is 6. The molecule has 2 N–H and O–H groups in total. The predicted octanol–water partition coefficient (Wildman–Crippen LogP) is 3.47. The molecule has 2 fully saturated rings. The van der Waals surface area contributed by atoms with Gasteiger partial charge >= 0.3 is 0 Å². The molecule has 3 heterocycles. The van der Waals surface area contributed by atoms with E-state index in [2.05, 4.69) is 32.7 Å². The van der Waals surface area contributed by atoms with Crippen molar-refractivity contribution in [3.05, 3.63) is 66.2 Å². The lowest BCUT2D eigenvalue weighted by molar-refractivity contribution is -0.139. The van der Waals surface area contributed by atoms with Crippen LogP contribution in [-0.4, -0.2) is 86.7 Å². The summed E-state index contributed by atoms with van der Waals surface area (Å²) in [6.45, 7) is 3.52. The summed E-state index contributed by atoms with van der Waals surface area (Å²) in [4.78, 5) is 53.9. The zero-order valence-electron chi connectivity index (χ0n) is 25.5. The summed E-state index contributed by atoms with van der Waals surface area (Å²) in [5.74, 6) is 0.301. The minimum atomic E-state index is -0.547. The maximum Gasteiger partial charge on any atom is 0.274 e. The molecule has 3 amide bonds. The third kappa shape index (κ3) is 7.41. The van der Waals surface area contributed by atoms with Crippen molar-refractivity contribution in [2.75, 3.05) is 26.7 Å². The lowest BCUT2D eigenvalue weighted by atomic mass is 9.83. The molecule has 43 heavy (non-hydrogen) atoms. The van der Waals surface area contributed by atoms with Gasteiger partial charge in [0.25, 0.3) is 5.91 Å². The molecule has 3 atom stereocenters. The fourth-order valence-corrected chi connectivity index (χ4v) is 6.65. The number of amides is 3. The Labute approximate surface area is 254 Å². The standard InChI is InChI=1S/C33H45N7O3/c1-3-27(34-2)30(41)37-29(25-14-8-5-9-15-25)32(43)40-20-10-16-26(40)22-38(21-17-24-12-6-4-7-13-24)31(42)28-23-39-19-11-18-35-33(39)36-28/h4,6-7,11-13,18-19,23,25-27,29,34H,3,5,8-10,14-17,20-22H2,1-2H3,(H,37,41)/t26-,27-,29-/m0/s1. The van der Waals surface area contributed by atoms with Gasteiger partial charge in [-0.1, -0.05) is 56.5 Å². The molecule has 1 saturated heterocycles. The van der Waals surface area contributed by atoms with Gasteiger partial charge in [-0.05, 0) is 63.1 Å². The van der Waals surface area contributed by atoms with E-state index in [0.717, 1.165) is 44.1 Å². The number of fused-ring (bicyclic) bond motifs is 1. The first kappa shape index (κ1) is 30.7. The second-order valence-corrected chi connectivity index (χ2v) is 11.9. The number of imidazole rings is 1. The van der Waals surface area contributed by atoms with E-state index in [0.29, 0.717) is 43.9 Å². The SMILES string of the molecule is CC[C@H](NC)C(=O)N[C@H](C(=O)N1CCC[C@H]1CN(CCc1ccccc1)C(=O)c1cn2cccnc2n1)C1CCCCC1. The number of carbonyl (C=O) groups excluding carboxylic acids is 3. The van der Waals surface area contributed by atoms with Crippen molar-refractivity contribution < 1.29 is 14.4 Å². The maximum atomic E-state index is 14.3. The number of benzene rings is 1. The molecule has 230 valence electrons. The molecule has 3 aromatic rings. The summed E-state index contributed by atoms with van der Waals surface area (Å²) in [7, 11) is 1.78. The molecule has 10 heteroatoms. The molecule has 0 radical (unpaired) electrons. The Bertz CT molecular complexity index is 1330. The van der Waals surface area contributed by atoms with Crippen LogP contribution in [-0.2, 0) is 16.0 Å². The Balaban J connectivity index is 1.36. The summed E-state index contributed by atoms with van der Waals surface area (Å²) in [6, 6.07) is 10.9. The number of nitrogens with zero attached hydrogens (tertiary/aromatic N) is 5. The average Bonchev–Trinajstić information content (AvgIpc) is 3.70. The van der Waals surface area contributed by atoms with Gasteiger partial charge in [-0.2, -0.15) is 0 Å². The van der Waals surface area contributed by atoms with Crippen LogP contribution in [0.3, 0.4) is 0 Å². The van der Waals surface area contributed by atoms with Gasteiger partial charge < -0.3 is 20.4 Å². The molecule has 5 rings (SSSR count). The third-order valence-electron chi connectivity index (χ3n) is 9.10. The van der Waals surface area contributed by atoms with Crippen LogP contribution < -0.4 is 10.6 Å². The van der Waals surface area contributed by atoms with E-state index >= 15 is 0 Å². The van der Waals surface area contributed by atoms with Crippen LogP contribution in [0.4, 0.5) is 0 Å². The normalized spacial score (nSPS) is 18.8. The quantitative estimate of drug-likeness (QED) is 0.336. The van der Waals surface area contributed by atoms with Gasteiger partial charge in [-0.3, -0.25) is 18.8 Å². The van der Waals surface area contributed by atoms with E-state index in [1.54, 1.807) is 29.9 Å². The van der Waals surface area contributed by atoms with Crippen molar-refractivity contribution in [1.29, 1.82) is 0 Å². The van der Waals surface area contributed by atoms with Gasteiger partial charge in [-0.25, -0.2) is 9.97 Å². The minimum Gasteiger partial charge on any atom is -0.343 e. The molecule has 2 aromatic heterocycles. The molecule has 0 spiro atoms. The number of aromatic nitrogens is 3. The van der Waals surface area contributed by atoms with Gasteiger partial charge in [0.05, 0.1) is 6.04 Å². The first-order chi connectivity index (χ1) is 21.0. The highest BCUT2D eigenvalue weighted by Gasteiger charge is 2.39. The van der Waals surface area contributed by atoms with E-state index in [4.69, 9.17) is 0 Å². The fraction of sp³-hybridized carbons (Fsp3) is 0.545. The van der Waals surface area contributed by atoms with Crippen LogP contribution in [0, 0.1) is 5.92 Å². The van der Waals surface area contributed by atoms with Gasteiger partial charge in [0.1, 0.15) is 11.7 Å². The number of likely N-dealkylation sites (N-methyl/N-ethyl adjacent to an activating group) is 1. The molecule has 1 saturated carbocycles. The van der Waals surface area contributed by atoms with Crippen molar-refractivity contribution in [3.8, 4) is 0 Å². The molecule has 1 aromatic carbocycles. The zero-order chi connectivity index (χ0) is 30.2. The molecule has 2 aliphatic rings.